The lowest BCUT2D eigenvalue weighted by Crippen LogP contribution is -2.26. The lowest BCUT2D eigenvalue weighted by atomic mass is 10.1. The van der Waals surface area contributed by atoms with Gasteiger partial charge in [-0.25, -0.2) is 4.98 Å². The van der Waals surface area contributed by atoms with Crippen LogP contribution in [0.5, 0.6) is 0 Å². The molecule has 0 atom stereocenters. The van der Waals surface area contributed by atoms with Crippen LogP contribution in [0.2, 0.25) is 0 Å². The number of nitrogens with zero attached hydrogens (tertiary/aromatic N) is 2. The van der Waals surface area contributed by atoms with E-state index in [0.29, 0.717) is 11.1 Å². The summed E-state index contributed by atoms with van der Waals surface area (Å²) < 4.78 is 44.4. The average Bonchev–Trinajstić information content (AvgIpc) is 3.07. The van der Waals surface area contributed by atoms with E-state index in [4.69, 9.17) is 4.42 Å². The van der Waals surface area contributed by atoms with Gasteiger partial charge in [-0.05, 0) is 48.9 Å². The fraction of sp³-hybridized carbons (Fsp3) is 0.143. The minimum absolute atomic E-state index is 0.00874. The number of hydrogen-bond donors (Lipinski definition) is 0. The highest BCUT2D eigenvalue weighted by Gasteiger charge is 2.31. The molecule has 0 aliphatic rings. The lowest BCUT2D eigenvalue weighted by Gasteiger charge is -2.17. The summed E-state index contributed by atoms with van der Waals surface area (Å²) in [5, 5.41) is 1.56. The highest BCUT2D eigenvalue weighted by molar-refractivity contribution is 6.06. The molecule has 4 aromatic rings. The fourth-order valence-electron chi connectivity index (χ4n) is 3.01. The highest BCUT2D eigenvalue weighted by Crippen LogP contribution is 2.32. The predicted octanol–water partition coefficient (Wildman–Crippen LogP) is 5.58. The number of amides is 1. The van der Waals surface area contributed by atoms with E-state index >= 15 is 0 Å². The molecule has 0 saturated carbocycles. The van der Waals surface area contributed by atoms with E-state index < -0.39 is 17.6 Å². The van der Waals surface area contributed by atoms with Crippen LogP contribution < -0.4 is 4.90 Å². The van der Waals surface area contributed by atoms with Crippen molar-refractivity contribution in [3.8, 4) is 0 Å². The third-order valence-electron chi connectivity index (χ3n) is 4.54. The van der Waals surface area contributed by atoms with Gasteiger partial charge in [0.25, 0.3) is 5.91 Å². The van der Waals surface area contributed by atoms with Crippen molar-refractivity contribution in [2.24, 2.45) is 0 Å². The number of hydrogen-bond acceptors (Lipinski definition) is 3. The molecule has 2 heterocycles. The first-order chi connectivity index (χ1) is 13.2. The van der Waals surface area contributed by atoms with Crippen LogP contribution in [-0.4, -0.2) is 17.9 Å². The molecule has 0 fully saturated rings. The average molecular weight is 384 g/mol. The van der Waals surface area contributed by atoms with Gasteiger partial charge in [-0.2, -0.15) is 13.2 Å². The minimum atomic E-state index is -4.48. The molecule has 2 aromatic carbocycles. The van der Waals surface area contributed by atoms with Gasteiger partial charge in [0.05, 0.1) is 11.1 Å². The summed E-state index contributed by atoms with van der Waals surface area (Å²) in [4.78, 5) is 18.3. The van der Waals surface area contributed by atoms with Crippen molar-refractivity contribution in [1.29, 1.82) is 0 Å². The van der Waals surface area contributed by atoms with Gasteiger partial charge in [0, 0.05) is 23.5 Å². The number of aromatic nitrogens is 1. The summed E-state index contributed by atoms with van der Waals surface area (Å²) in [5.41, 5.74) is 1.39. The second-order valence-corrected chi connectivity index (χ2v) is 6.60. The Morgan fingerprint density at radius 2 is 1.82 bits per heavy atom. The molecule has 0 saturated heterocycles. The molecule has 0 unspecified atom stereocenters. The van der Waals surface area contributed by atoms with Crippen molar-refractivity contribution in [3.63, 3.8) is 0 Å². The molecular weight excluding hydrogens is 369 g/mol. The minimum Gasteiger partial charge on any atom is -0.433 e. The summed E-state index contributed by atoms with van der Waals surface area (Å²) in [6, 6.07) is 13.8. The third kappa shape index (κ3) is 3.19. The van der Waals surface area contributed by atoms with Crippen LogP contribution in [0.15, 0.2) is 59.0 Å². The van der Waals surface area contributed by atoms with Gasteiger partial charge < -0.3 is 9.32 Å². The number of carbonyl (C=O) groups is 1. The van der Waals surface area contributed by atoms with Crippen LogP contribution in [0.1, 0.15) is 21.7 Å². The van der Waals surface area contributed by atoms with E-state index in [1.165, 1.54) is 19.2 Å². The maximum atomic E-state index is 12.9. The number of halogens is 3. The topological polar surface area (TPSA) is 46.3 Å². The number of furan rings is 1. The zero-order chi connectivity index (χ0) is 20.1. The van der Waals surface area contributed by atoms with E-state index in [0.717, 1.165) is 33.5 Å². The van der Waals surface area contributed by atoms with Crippen LogP contribution in [-0.2, 0) is 6.18 Å². The van der Waals surface area contributed by atoms with Gasteiger partial charge >= 0.3 is 6.18 Å². The Morgan fingerprint density at radius 1 is 1.04 bits per heavy atom. The number of rotatable bonds is 2. The fourth-order valence-corrected chi connectivity index (χ4v) is 3.01. The largest absolute Gasteiger partial charge is 0.433 e. The SMILES string of the molecule is Cc1ccc2cc3cc(C(=O)N(C)c4cccc(C(F)(F)F)c4)oc3nc2c1. The summed E-state index contributed by atoms with van der Waals surface area (Å²) in [6.07, 6.45) is -4.48. The number of anilines is 1. The second kappa shape index (κ2) is 6.37. The molecule has 1 amide bonds. The van der Waals surface area contributed by atoms with E-state index in [2.05, 4.69) is 4.98 Å². The van der Waals surface area contributed by atoms with Crippen molar-refractivity contribution < 1.29 is 22.4 Å². The Bertz CT molecular complexity index is 1210. The first-order valence-electron chi connectivity index (χ1n) is 8.49. The molecule has 0 spiro atoms. The Labute approximate surface area is 158 Å². The number of benzene rings is 2. The summed E-state index contributed by atoms with van der Waals surface area (Å²) in [7, 11) is 1.40. The molecule has 2 aromatic heterocycles. The molecule has 0 radical (unpaired) electrons. The number of pyridine rings is 1. The van der Waals surface area contributed by atoms with Crippen molar-refractivity contribution in [2.45, 2.75) is 13.1 Å². The Hall–Kier alpha value is -3.35. The number of carbonyl (C=O) groups excluding carboxylic acids is 1. The van der Waals surface area contributed by atoms with Gasteiger partial charge in [0.15, 0.2) is 5.76 Å². The zero-order valence-electron chi connectivity index (χ0n) is 15.0. The normalized spacial score (nSPS) is 11.9. The standard InChI is InChI=1S/C21H15F3N2O2/c1-12-6-7-13-9-14-10-18(28-19(14)25-17(13)8-12)20(27)26(2)16-5-3-4-15(11-16)21(22,23)24/h3-11H,1-2H3. The molecular formula is C21H15F3N2O2. The molecule has 4 nitrogen and oxygen atoms in total. The van der Waals surface area contributed by atoms with Crippen molar-refractivity contribution in [2.75, 3.05) is 11.9 Å². The Morgan fingerprint density at radius 3 is 2.57 bits per heavy atom. The molecule has 0 aliphatic heterocycles. The summed E-state index contributed by atoms with van der Waals surface area (Å²) in [6.45, 7) is 1.95. The van der Waals surface area contributed by atoms with Gasteiger partial charge in [0.2, 0.25) is 5.71 Å². The quantitative estimate of drug-likeness (QED) is 0.453. The van der Waals surface area contributed by atoms with Crippen LogP contribution >= 0.6 is 0 Å². The number of alkyl halides is 3. The summed E-state index contributed by atoms with van der Waals surface area (Å²) >= 11 is 0. The van der Waals surface area contributed by atoms with Crippen molar-refractivity contribution in [1.82, 2.24) is 4.98 Å². The van der Waals surface area contributed by atoms with Crippen LogP contribution in [0.4, 0.5) is 18.9 Å². The third-order valence-corrected chi connectivity index (χ3v) is 4.54. The van der Waals surface area contributed by atoms with E-state index in [1.54, 1.807) is 6.07 Å². The van der Waals surface area contributed by atoms with Crippen molar-refractivity contribution >= 4 is 33.6 Å². The van der Waals surface area contributed by atoms with Crippen LogP contribution in [0.3, 0.4) is 0 Å². The Kier molecular flexibility index (Phi) is 4.10. The smallest absolute Gasteiger partial charge is 0.416 e. The first-order valence-corrected chi connectivity index (χ1v) is 8.49. The molecule has 4 rings (SSSR count). The van der Waals surface area contributed by atoms with E-state index in [-0.39, 0.29) is 11.4 Å². The van der Waals surface area contributed by atoms with Gasteiger partial charge in [0.1, 0.15) is 0 Å². The number of fused-ring (bicyclic) bond motifs is 2. The predicted molar refractivity (Wildman–Crippen MR) is 100 cm³/mol. The second-order valence-electron chi connectivity index (χ2n) is 6.60. The lowest BCUT2D eigenvalue weighted by molar-refractivity contribution is -0.137. The van der Waals surface area contributed by atoms with Crippen molar-refractivity contribution in [3.05, 3.63) is 71.5 Å². The molecule has 0 N–H and O–H groups in total. The van der Waals surface area contributed by atoms with E-state index in [9.17, 15) is 18.0 Å². The monoisotopic (exact) mass is 384 g/mol. The van der Waals surface area contributed by atoms with Crippen LogP contribution in [0.25, 0.3) is 22.0 Å². The van der Waals surface area contributed by atoms with E-state index in [1.807, 2.05) is 31.2 Å². The van der Waals surface area contributed by atoms with Crippen LogP contribution in [0, 0.1) is 6.92 Å². The van der Waals surface area contributed by atoms with Gasteiger partial charge in [-0.15, -0.1) is 0 Å². The zero-order valence-corrected chi connectivity index (χ0v) is 15.0. The Balaban J connectivity index is 1.71. The number of aryl methyl sites for hydroxylation is 1. The molecule has 0 bridgehead atoms. The molecule has 28 heavy (non-hydrogen) atoms. The maximum Gasteiger partial charge on any atom is 0.416 e. The molecule has 0 aliphatic carbocycles. The summed E-state index contributed by atoms with van der Waals surface area (Å²) in [5.74, 6) is -0.549. The highest BCUT2D eigenvalue weighted by atomic mass is 19.4. The molecule has 142 valence electrons. The first kappa shape index (κ1) is 18.0. The maximum absolute atomic E-state index is 12.9. The van der Waals surface area contributed by atoms with Gasteiger partial charge in [-0.1, -0.05) is 18.2 Å². The van der Waals surface area contributed by atoms with Gasteiger partial charge in [-0.3, -0.25) is 4.79 Å². The molecule has 7 heteroatoms.